The van der Waals surface area contributed by atoms with E-state index >= 15 is 0 Å². The highest BCUT2D eigenvalue weighted by atomic mass is 14.9. The van der Waals surface area contributed by atoms with Gasteiger partial charge in [-0.25, -0.2) is 0 Å². The smallest absolute Gasteiger partial charge is 0.0544 e. The summed E-state index contributed by atoms with van der Waals surface area (Å²) in [6.45, 7) is 5.90. The van der Waals surface area contributed by atoms with E-state index < -0.39 is 0 Å². The molecule has 0 unspecified atom stereocenters. The van der Waals surface area contributed by atoms with Gasteiger partial charge in [0.1, 0.15) is 0 Å². The largest absolute Gasteiger partial charge is 0.307 e. The normalized spacial score (nSPS) is 10.6. The van der Waals surface area contributed by atoms with E-state index in [-0.39, 0.29) is 0 Å². The van der Waals surface area contributed by atoms with Crippen molar-refractivity contribution >= 4 is 0 Å². The lowest BCUT2D eigenvalue weighted by molar-refractivity contribution is 0.678. The summed E-state index contributed by atoms with van der Waals surface area (Å²) in [6, 6.07) is 14.9. The first-order valence-corrected chi connectivity index (χ1v) is 6.49. The zero-order valence-corrected chi connectivity index (χ0v) is 11.1. The van der Waals surface area contributed by atoms with Gasteiger partial charge in [0.25, 0.3) is 0 Å². The number of rotatable bonds is 5. The Morgan fingerprint density at radius 2 is 1.67 bits per heavy atom. The highest BCUT2D eigenvalue weighted by Gasteiger charge is 1.96. The summed E-state index contributed by atoms with van der Waals surface area (Å²) in [7, 11) is 0. The van der Waals surface area contributed by atoms with Crippen molar-refractivity contribution in [1.82, 2.24) is 10.3 Å². The van der Waals surface area contributed by atoms with Gasteiger partial charge in [-0.05, 0) is 36.6 Å². The van der Waals surface area contributed by atoms with Crippen LogP contribution in [-0.4, -0.2) is 4.98 Å². The first-order chi connectivity index (χ1) is 8.78. The van der Waals surface area contributed by atoms with Crippen LogP contribution < -0.4 is 5.32 Å². The summed E-state index contributed by atoms with van der Waals surface area (Å²) in [4.78, 5) is 4.47. The lowest BCUT2D eigenvalue weighted by Gasteiger charge is -2.06. The van der Waals surface area contributed by atoms with Gasteiger partial charge in [-0.1, -0.05) is 37.3 Å². The third-order valence-electron chi connectivity index (χ3n) is 3.01. The number of nitrogens with one attached hydrogen (secondary N) is 1. The number of hydrogen-bond donors (Lipinski definition) is 1. The zero-order valence-electron chi connectivity index (χ0n) is 11.1. The average Bonchev–Trinajstić information content (AvgIpc) is 2.40. The molecule has 0 amide bonds. The predicted molar refractivity (Wildman–Crippen MR) is 75.3 cm³/mol. The molecule has 0 radical (unpaired) electrons. The van der Waals surface area contributed by atoms with Crippen molar-refractivity contribution in [3.05, 3.63) is 65.0 Å². The number of hydrogen-bond acceptors (Lipinski definition) is 2. The summed E-state index contributed by atoms with van der Waals surface area (Å²) < 4.78 is 0. The molecular formula is C16H20N2. The Morgan fingerprint density at radius 1 is 0.944 bits per heavy atom. The van der Waals surface area contributed by atoms with Gasteiger partial charge in [-0.2, -0.15) is 0 Å². The lowest BCUT2D eigenvalue weighted by Crippen LogP contribution is -2.13. The van der Waals surface area contributed by atoms with Crippen LogP contribution in [0.25, 0.3) is 0 Å². The van der Waals surface area contributed by atoms with E-state index in [9.17, 15) is 0 Å². The summed E-state index contributed by atoms with van der Waals surface area (Å²) in [5, 5.41) is 3.42. The minimum absolute atomic E-state index is 0.817. The number of aryl methyl sites for hydroxylation is 2. The predicted octanol–water partition coefficient (Wildman–Crippen LogP) is 3.24. The second-order valence-corrected chi connectivity index (χ2v) is 4.54. The standard InChI is InChI=1S/C16H20N2/c1-3-14-7-9-15(10-8-14)11-17-12-16-6-4-5-13(2)18-16/h4-10,17H,3,11-12H2,1-2H3. The Labute approximate surface area is 109 Å². The first kappa shape index (κ1) is 12.8. The van der Waals surface area contributed by atoms with Gasteiger partial charge in [0.05, 0.1) is 5.69 Å². The molecule has 0 fully saturated rings. The van der Waals surface area contributed by atoms with Crippen LogP contribution >= 0.6 is 0 Å². The SMILES string of the molecule is CCc1ccc(CNCc2cccc(C)n2)cc1. The van der Waals surface area contributed by atoms with Crippen molar-refractivity contribution in [2.45, 2.75) is 33.4 Å². The van der Waals surface area contributed by atoms with Crippen LogP contribution in [0.3, 0.4) is 0 Å². The molecule has 0 aliphatic rings. The molecule has 0 spiro atoms. The zero-order chi connectivity index (χ0) is 12.8. The molecule has 1 aromatic heterocycles. The van der Waals surface area contributed by atoms with E-state index in [1.165, 1.54) is 11.1 Å². The Kier molecular flexibility index (Phi) is 4.48. The van der Waals surface area contributed by atoms with Gasteiger partial charge in [-0.3, -0.25) is 4.98 Å². The van der Waals surface area contributed by atoms with Crippen LogP contribution in [0.1, 0.15) is 29.4 Å². The molecule has 2 nitrogen and oxygen atoms in total. The fourth-order valence-electron chi connectivity index (χ4n) is 1.93. The van der Waals surface area contributed by atoms with Crippen LogP contribution in [0.2, 0.25) is 0 Å². The van der Waals surface area contributed by atoms with Crippen LogP contribution in [0.15, 0.2) is 42.5 Å². The van der Waals surface area contributed by atoms with Gasteiger partial charge in [-0.15, -0.1) is 0 Å². The average molecular weight is 240 g/mol. The maximum absolute atomic E-state index is 4.47. The molecule has 2 aromatic rings. The molecular weight excluding hydrogens is 220 g/mol. The Hall–Kier alpha value is -1.67. The van der Waals surface area contributed by atoms with Crippen molar-refractivity contribution in [2.24, 2.45) is 0 Å². The van der Waals surface area contributed by atoms with Gasteiger partial charge in [0.2, 0.25) is 0 Å². The van der Waals surface area contributed by atoms with Crippen molar-refractivity contribution in [2.75, 3.05) is 0 Å². The Morgan fingerprint density at radius 3 is 2.33 bits per heavy atom. The molecule has 2 heteroatoms. The Balaban J connectivity index is 1.84. The molecule has 1 heterocycles. The topological polar surface area (TPSA) is 24.9 Å². The molecule has 0 aliphatic carbocycles. The fourth-order valence-corrected chi connectivity index (χ4v) is 1.93. The first-order valence-electron chi connectivity index (χ1n) is 6.49. The maximum atomic E-state index is 4.47. The second-order valence-electron chi connectivity index (χ2n) is 4.54. The van der Waals surface area contributed by atoms with Crippen LogP contribution in [0.5, 0.6) is 0 Å². The summed E-state index contributed by atoms with van der Waals surface area (Å²) in [6.07, 6.45) is 1.10. The number of pyridine rings is 1. The van der Waals surface area contributed by atoms with Crippen LogP contribution in [0.4, 0.5) is 0 Å². The number of benzene rings is 1. The van der Waals surface area contributed by atoms with E-state index in [2.05, 4.69) is 53.6 Å². The molecule has 2 rings (SSSR count). The van der Waals surface area contributed by atoms with Gasteiger partial charge < -0.3 is 5.32 Å². The van der Waals surface area contributed by atoms with E-state index in [1.54, 1.807) is 0 Å². The summed E-state index contributed by atoms with van der Waals surface area (Å²) in [5.74, 6) is 0. The van der Waals surface area contributed by atoms with Gasteiger partial charge in [0, 0.05) is 18.8 Å². The second kappa shape index (κ2) is 6.31. The van der Waals surface area contributed by atoms with Crippen molar-refractivity contribution in [3.8, 4) is 0 Å². The molecule has 18 heavy (non-hydrogen) atoms. The monoisotopic (exact) mass is 240 g/mol. The van der Waals surface area contributed by atoms with Crippen LogP contribution in [0, 0.1) is 6.92 Å². The molecule has 0 atom stereocenters. The molecule has 1 N–H and O–H groups in total. The van der Waals surface area contributed by atoms with Crippen molar-refractivity contribution in [3.63, 3.8) is 0 Å². The molecule has 0 saturated heterocycles. The van der Waals surface area contributed by atoms with E-state index in [1.807, 2.05) is 13.0 Å². The Bertz CT molecular complexity index is 489. The summed E-state index contributed by atoms with van der Waals surface area (Å²) >= 11 is 0. The van der Waals surface area contributed by atoms with Gasteiger partial charge in [0.15, 0.2) is 0 Å². The van der Waals surface area contributed by atoms with E-state index in [0.29, 0.717) is 0 Å². The van der Waals surface area contributed by atoms with E-state index in [4.69, 9.17) is 0 Å². The minimum atomic E-state index is 0.817. The third-order valence-corrected chi connectivity index (χ3v) is 3.01. The number of aromatic nitrogens is 1. The highest BCUT2D eigenvalue weighted by molar-refractivity contribution is 5.22. The van der Waals surface area contributed by atoms with Crippen LogP contribution in [-0.2, 0) is 19.5 Å². The summed E-state index contributed by atoms with van der Waals surface area (Å²) in [5.41, 5.74) is 4.88. The molecule has 94 valence electrons. The van der Waals surface area contributed by atoms with Crippen molar-refractivity contribution in [1.29, 1.82) is 0 Å². The van der Waals surface area contributed by atoms with E-state index in [0.717, 1.165) is 30.9 Å². The highest BCUT2D eigenvalue weighted by Crippen LogP contribution is 2.05. The number of nitrogens with zero attached hydrogens (tertiary/aromatic N) is 1. The molecule has 0 bridgehead atoms. The molecule has 1 aromatic carbocycles. The molecule has 0 saturated carbocycles. The lowest BCUT2D eigenvalue weighted by atomic mass is 10.1. The quantitative estimate of drug-likeness (QED) is 0.868. The third kappa shape index (κ3) is 3.67. The van der Waals surface area contributed by atoms with Crippen molar-refractivity contribution < 1.29 is 0 Å². The fraction of sp³-hybridized carbons (Fsp3) is 0.312. The maximum Gasteiger partial charge on any atom is 0.0544 e. The minimum Gasteiger partial charge on any atom is -0.307 e. The molecule has 0 aliphatic heterocycles. The van der Waals surface area contributed by atoms with Gasteiger partial charge >= 0.3 is 0 Å².